The summed E-state index contributed by atoms with van der Waals surface area (Å²) in [6.07, 6.45) is 5.38. The van der Waals surface area contributed by atoms with Gasteiger partial charge in [0.2, 0.25) is 0 Å². The summed E-state index contributed by atoms with van der Waals surface area (Å²) in [6, 6.07) is 1.48. The second kappa shape index (κ2) is 9.23. The summed E-state index contributed by atoms with van der Waals surface area (Å²) < 4.78 is 0. The lowest BCUT2D eigenvalue weighted by molar-refractivity contribution is 0.287. The van der Waals surface area contributed by atoms with E-state index in [-0.39, 0.29) is 0 Å². The van der Waals surface area contributed by atoms with Crippen molar-refractivity contribution in [2.75, 3.05) is 31.1 Å². The van der Waals surface area contributed by atoms with Crippen molar-refractivity contribution in [2.45, 2.75) is 58.5 Å². The molecule has 1 saturated heterocycles. The van der Waals surface area contributed by atoms with E-state index >= 15 is 0 Å². The summed E-state index contributed by atoms with van der Waals surface area (Å²) in [5, 5.41) is 3.80. The molecule has 0 aromatic rings. The van der Waals surface area contributed by atoms with Gasteiger partial charge in [0.15, 0.2) is 0 Å². The molecule has 3 heteroatoms. The van der Waals surface area contributed by atoms with Crippen LogP contribution in [0.15, 0.2) is 0 Å². The van der Waals surface area contributed by atoms with Crippen LogP contribution in [0.25, 0.3) is 0 Å². The van der Waals surface area contributed by atoms with Gasteiger partial charge in [-0.3, -0.25) is 0 Å². The molecule has 102 valence electrons. The minimum Gasteiger partial charge on any atom is -0.311 e. The molecule has 1 aliphatic rings. The van der Waals surface area contributed by atoms with Crippen molar-refractivity contribution in [1.82, 2.24) is 10.2 Å². The zero-order valence-corrected chi connectivity index (χ0v) is 12.7. The number of rotatable bonds is 8. The van der Waals surface area contributed by atoms with Gasteiger partial charge in [0.1, 0.15) is 0 Å². The Morgan fingerprint density at radius 2 is 1.88 bits per heavy atom. The largest absolute Gasteiger partial charge is 0.311 e. The molecule has 1 N–H and O–H groups in total. The molecule has 0 aromatic heterocycles. The van der Waals surface area contributed by atoms with Gasteiger partial charge in [-0.2, -0.15) is 11.8 Å². The van der Waals surface area contributed by atoms with Crippen LogP contribution >= 0.6 is 11.8 Å². The van der Waals surface area contributed by atoms with Crippen LogP contribution in [-0.4, -0.2) is 48.1 Å². The molecule has 0 saturated carbocycles. The van der Waals surface area contributed by atoms with Crippen LogP contribution in [0.2, 0.25) is 0 Å². The highest BCUT2D eigenvalue weighted by Crippen LogP contribution is 2.17. The number of nitrogens with zero attached hydrogens (tertiary/aromatic N) is 1. The third-order valence-electron chi connectivity index (χ3n) is 3.75. The summed E-state index contributed by atoms with van der Waals surface area (Å²) in [5.74, 6) is 2.70. The first-order chi connectivity index (χ1) is 8.26. The summed E-state index contributed by atoms with van der Waals surface area (Å²) in [4.78, 5) is 2.52. The third-order valence-corrected chi connectivity index (χ3v) is 4.80. The molecule has 1 heterocycles. The van der Waals surface area contributed by atoms with Crippen LogP contribution in [0.5, 0.6) is 0 Å². The Bertz CT molecular complexity index is 177. The van der Waals surface area contributed by atoms with E-state index in [2.05, 4.69) is 42.7 Å². The lowest BCUT2D eigenvalue weighted by Gasteiger charge is -2.27. The molecule has 1 aliphatic heterocycles. The van der Waals surface area contributed by atoms with E-state index in [4.69, 9.17) is 0 Å². The van der Waals surface area contributed by atoms with Gasteiger partial charge in [-0.05, 0) is 63.7 Å². The molecule has 0 bridgehead atoms. The topological polar surface area (TPSA) is 15.3 Å². The van der Waals surface area contributed by atoms with E-state index in [0.29, 0.717) is 6.04 Å². The second-order valence-electron chi connectivity index (χ2n) is 5.12. The molecular weight excluding hydrogens is 228 g/mol. The monoisotopic (exact) mass is 258 g/mol. The Morgan fingerprint density at radius 3 is 2.47 bits per heavy atom. The standard InChI is InChI=1S/C14H30N2S/c1-4-16(5-2)10-6-7-13(3)15-14-8-11-17-12-9-14/h13-15H,4-12H2,1-3H3. The van der Waals surface area contributed by atoms with Crippen LogP contribution < -0.4 is 5.32 Å². The maximum absolute atomic E-state index is 3.80. The van der Waals surface area contributed by atoms with E-state index in [1.54, 1.807) is 0 Å². The molecule has 1 rings (SSSR count). The Balaban J connectivity index is 2.05. The number of nitrogens with one attached hydrogen (secondary N) is 1. The van der Waals surface area contributed by atoms with Crippen molar-refractivity contribution in [3.05, 3.63) is 0 Å². The van der Waals surface area contributed by atoms with Crippen LogP contribution in [0.3, 0.4) is 0 Å². The van der Waals surface area contributed by atoms with E-state index < -0.39 is 0 Å². The number of hydrogen-bond donors (Lipinski definition) is 1. The van der Waals surface area contributed by atoms with Crippen molar-refractivity contribution >= 4 is 11.8 Å². The van der Waals surface area contributed by atoms with E-state index in [9.17, 15) is 0 Å². The van der Waals surface area contributed by atoms with Crippen molar-refractivity contribution in [3.8, 4) is 0 Å². The predicted octanol–water partition coefficient (Wildman–Crippen LogP) is 2.98. The molecule has 17 heavy (non-hydrogen) atoms. The number of hydrogen-bond acceptors (Lipinski definition) is 3. The van der Waals surface area contributed by atoms with Gasteiger partial charge in [0.25, 0.3) is 0 Å². The highest BCUT2D eigenvalue weighted by Gasteiger charge is 2.15. The highest BCUT2D eigenvalue weighted by molar-refractivity contribution is 7.99. The first-order valence-corrected chi connectivity index (χ1v) is 8.47. The van der Waals surface area contributed by atoms with Gasteiger partial charge in [-0.1, -0.05) is 13.8 Å². The normalized spacial score (nSPS) is 19.8. The molecule has 0 radical (unpaired) electrons. The van der Waals surface area contributed by atoms with Gasteiger partial charge in [-0.15, -0.1) is 0 Å². The van der Waals surface area contributed by atoms with Gasteiger partial charge >= 0.3 is 0 Å². The summed E-state index contributed by atoms with van der Waals surface area (Å²) in [7, 11) is 0. The van der Waals surface area contributed by atoms with Gasteiger partial charge in [-0.25, -0.2) is 0 Å². The zero-order chi connectivity index (χ0) is 12.5. The molecular formula is C14H30N2S. The Hall–Kier alpha value is 0.270. The predicted molar refractivity (Wildman–Crippen MR) is 80.0 cm³/mol. The van der Waals surface area contributed by atoms with E-state index in [1.807, 2.05) is 0 Å². The van der Waals surface area contributed by atoms with E-state index in [0.717, 1.165) is 6.04 Å². The smallest absolute Gasteiger partial charge is 0.00852 e. The highest BCUT2D eigenvalue weighted by atomic mass is 32.2. The molecule has 1 atom stereocenters. The lowest BCUT2D eigenvalue weighted by atomic mass is 10.1. The van der Waals surface area contributed by atoms with Gasteiger partial charge in [0, 0.05) is 12.1 Å². The summed E-state index contributed by atoms with van der Waals surface area (Å²) in [5.41, 5.74) is 0. The second-order valence-corrected chi connectivity index (χ2v) is 6.35. The van der Waals surface area contributed by atoms with E-state index in [1.165, 1.54) is 56.8 Å². The van der Waals surface area contributed by atoms with Crippen LogP contribution in [0.1, 0.15) is 46.5 Å². The first-order valence-electron chi connectivity index (χ1n) is 7.32. The summed E-state index contributed by atoms with van der Waals surface area (Å²) >= 11 is 2.11. The molecule has 0 spiro atoms. The summed E-state index contributed by atoms with van der Waals surface area (Å²) in [6.45, 7) is 10.5. The molecule has 1 unspecified atom stereocenters. The third kappa shape index (κ3) is 6.68. The molecule has 1 fully saturated rings. The molecule has 0 amide bonds. The van der Waals surface area contributed by atoms with Crippen molar-refractivity contribution in [2.24, 2.45) is 0 Å². The fourth-order valence-electron chi connectivity index (χ4n) is 2.51. The SMILES string of the molecule is CCN(CC)CCCC(C)NC1CCSCC1. The number of thioether (sulfide) groups is 1. The maximum Gasteiger partial charge on any atom is 0.00852 e. The maximum atomic E-state index is 3.80. The lowest BCUT2D eigenvalue weighted by Crippen LogP contribution is -2.39. The average Bonchev–Trinajstić information content (AvgIpc) is 2.36. The van der Waals surface area contributed by atoms with Crippen LogP contribution in [-0.2, 0) is 0 Å². The Kier molecular flexibility index (Phi) is 8.33. The Morgan fingerprint density at radius 1 is 1.24 bits per heavy atom. The van der Waals surface area contributed by atoms with Gasteiger partial charge < -0.3 is 10.2 Å². The quantitative estimate of drug-likeness (QED) is 0.720. The Labute approximate surface area is 112 Å². The van der Waals surface area contributed by atoms with Crippen LogP contribution in [0, 0.1) is 0 Å². The fraction of sp³-hybridized carbons (Fsp3) is 1.00. The molecule has 2 nitrogen and oxygen atoms in total. The zero-order valence-electron chi connectivity index (χ0n) is 11.9. The minimum absolute atomic E-state index is 0.693. The van der Waals surface area contributed by atoms with Crippen molar-refractivity contribution in [3.63, 3.8) is 0 Å². The molecule has 0 aromatic carbocycles. The van der Waals surface area contributed by atoms with Crippen molar-refractivity contribution in [1.29, 1.82) is 0 Å². The van der Waals surface area contributed by atoms with Crippen molar-refractivity contribution < 1.29 is 0 Å². The van der Waals surface area contributed by atoms with Crippen LogP contribution in [0.4, 0.5) is 0 Å². The minimum atomic E-state index is 0.693. The first kappa shape index (κ1) is 15.3. The average molecular weight is 258 g/mol. The molecule has 0 aliphatic carbocycles. The fourth-order valence-corrected chi connectivity index (χ4v) is 3.62. The van der Waals surface area contributed by atoms with Gasteiger partial charge in [0.05, 0.1) is 0 Å².